The van der Waals surface area contributed by atoms with E-state index in [9.17, 15) is 0 Å². The van der Waals surface area contributed by atoms with E-state index in [2.05, 4.69) is 41.5 Å². The number of hydrogen-bond acceptors (Lipinski definition) is 1. The molecule has 15 heavy (non-hydrogen) atoms. The summed E-state index contributed by atoms with van der Waals surface area (Å²) in [5.74, 6) is 2.36. The third kappa shape index (κ3) is 4.14. The Hall–Kier alpha value is -0.0400. The number of rotatable bonds is 2. The van der Waals surface area contributed by atoms with E-state index in [1.807, 2.05) is 0 Å². The molecular weight excluding hydrogens is 184 g/mol. The van der Waals surface area contributed by atoms with Crippen LogP contribution in [0.3, 0.4) is 0 Å². The van der Waals surface area contributed by atoms with E-state index in [-0.39, 0.29) is 5.60 Å². The van der Waals surface area contributed by atoms with Gasteiger partial charge in [-0.05, 0) is 51.4 Å². The average Bonchev–Trinajstić information content (AvgIpc) is 1.99. The molecule has 1 nitrogen and oxygen atoms in total. The van der Waals surface area contributed by atoms with Crippen molar-refractivity contribution in [2.45, 2.75) is 72.5 Å². The van der Waals surface area contributed by atoms with Crippen molar-refractivity contribution in [3.8, 4) is 0 Å². The van der Waals surface area contributed by atoms with Gasteiger partial charge < -0.3 is 4.74 Å². The minimum atomic E-state index is 0.00880. The Morgan fingerprint density at radius 1 is 1.13 bits per heavy atom. The second-order valence-corrected chi connectivity index (χ2v) is 6.59. The van der Waals surface area contributed by atoms with Gasteiger partial charge in [-0.1, -0.05) is 27.2 Å². The van der Waals surface area contributed by atoms with Gasteiger partial charge in [0.1, 0.15) is 0 Å². The van der Waals surface area contributed by atoms with Crippen LogP contribution in [-0.2, 0) is 4.74 Å². The highest BCUT2D eigenvalue weighted by molar-refractivity contribution is 4.83. The molecule has 0 aromatic carbocycles. The molecule has 0 spiro atoms. The summed E-state index contributed by atoms with van der Waals surface area (Å²) in [6.45, 7) is 13.5. The van der Waals surface area contributed by atoms with Gasteiger partial charge in [-0.15, -0.1) is 0 Å². The molecule has 1 aliphatic carbocycles. The molecule has 1 rings (SSSR count). The van der Waals surface area contributed by atoms with Crippen molar-refractivity contribution in [2.24, 2.45) is 17.8 Å². The van der Waals surface area contributed by atoms with E-state index >= 15 is 0 Å². The minimum Gasteiger partial charge on any atom is -0.372 e. The molecule has 3 atom stereocenters. The molecule has 1 saturated carbocycles. The molecule has 0 bridgehead atoms. The van der Waals surface area contributed by atoms with E-state index in [4.69, 9.17) is 4.74 Å². The Kier molecular flexibility index (Phi) is 4.22. The maximum Gasteiger partial charge on any atom is 0.0615 e. The van der Waals surface area contributed by atoms with Crippen molar-refractivity contribution >= 4 is 0 Å². The summed E-state index contributed by atoms with van der Waals surface area (Å²) in [6.07, 6.45) is 4.46. The first-order valence-electron chi connectivity index (χ1n) is 6.47. The Morgan fingerprint density at radius 3 is 2.20 bits per heavy atom. The third-order valence-electron chi connectivity index (χ3n) is 3.47. The first-order valence-corrected chi connectivity index (χ1v) is 6.47. The smallest absolute Gasteiger partial charge is 0.0615 e. The normalized spacial score (nSPS) is 33.4. The molecule has 0 aromatic rings. The fraction of sp³-hybridized carbons (Fsp3) is 1.00. The van der Waals surface area contributed by atoms with Gasteiger partial charge in [0, 0.05) is 0 Å². The molecule has 1 heteroatoms. The quantitative estimate of drug-likeness (QED) is 0.664. The van der Waals surface area contributed by atoms with E-state index in [1.54, 1.807) is 0 Å². The molecule has 0 saturated heterocycles. The Morgan fingerprint density at radius 2 is 1.73 bits per heavy atom. The first kappa shape index (κ1) is 13.0. The van der Waals surface area contributed by atoms with Crippen LogP contribution in [0.5, 0.6) is 0 Å². The molecule has 0 N–H and O–H groups in total. The molecule has 0 aromatic heterocycles. The molecule has 0 heterocycles. The van der Waals surface area contributed by atoms with Crippen LogP contribution in [0, 0.1) is 17.8 Å². The number of ether oxygens (including phenoxy) is 1. The molecule has 1 fully saturated rings. The van der Waals surface area contributed by atoms with Gasteiger partial charge >= 0.3 is 0 Å². The van der Waals surface area contributed by atoms with Gasteiger partial charge in [-0.2, -0.15) is 0 Å². The van der Waals surface area contributed by atoms with Crippen molar-refractivity contribution in [3.63, 3.8) is 0 Å². The summed E-state index contributed by atoms with van der Waals surface area (Å²) in [6, 6.07) is 0. The zero-order chi connectivity index (χ0) is 11.6. The summed E-state index contributed by atoms with van der Waals surface area (Å²) in [7, 11) is 0. The maximum atomic E-state index is 6.22. The van der Waals surface area contributed by atoms with Gasteiger partial charge in [0.15, 0.2) is 0 Å². The van der Waals surface area contributed by atoms with Crippen molar-refractivity contribution in [2.75, 3.05) is 0 Å². The zero-order valence-corrected chi connectivity index (χ0v) is 11.3. The predicted molar refractivity (Wildman–Crippen MR) is 66.0 cm³/mol. The van der Waals surface area contributed by atoms with Crippen molar-refractivity contribution in [1.82, 2.24) is 0 Å². The van der Waals surface area contributed by atoms with Crippen LogP contribution >= 0.6 is 0 Å². The van der Waals surface area contributed by atoms with Gasteiger partial charge in [0.05, 0.1) is 11.7 Å². The topological polar surface area (TPSA) is 9.23 Å². The lowest BCUT2D eigenvalue weighted by atomic mass is 9.75. The fourth-order valence-electron chi connectivity index (χ4n) is 2.70. The van der Waals surface area contributed by atoms with Crippen LogP contribution in [-0.4, -0.2) is 11.7 Å². The lowest BCUT2D eigenvalue weighted by Gasteiger charge is -2.40. The van der Waals surface area contributed by atoms with Crippen LogP contribution in [0.4, 0.5) is 0 Å². The van der Waals surface area contributed by atoms with Gasteiger partial charge in [-0.3, -0.25) is 0 Å². The number of hydrogen-bond donors (Lipinski definition) is 0. The highest BCUT2D eigenvalue weighted by Gasteiger charge is 2.33. The molecule has 90 valence electrons. The summed E-state index contributed by atoms with van der Waals surface area (Å²) in [5.41, 5.74) is 0.00880. The predicted octanol–water partition coefficient (Wildman–Crippen LogP) is 4.26. The monoisotopic (exact) mass is 212 g/mol. The Labute approximate surface area is 95.6 Å². The van der Waals surface area contributed by atoms with E-state index < -0.39 is 0 Å². The SMILES string of the molecule is CC(C)[C@H]1CC[C@H](C)C[C@@H]1OC(C)(C)C. The van der Waals surface area contributed by atoms with E-state index in [0.29, 0.717) is 6.10 Å². The second kappa shape index (κ2) is 4.86. The highest BCUT2D eigenvalue weighted by Crippen LogP contribution is 2.36. The Bertz CT molecular complexity index is 190. The first-order chi connectivity index (χ1) is 6.79. The van der Waals surface area contributed by atoms with E-state index in [0.717, 1.165) is 17.8 Å². The summed E-state index contributed by atoms with van der Waals surface area (Å²) < 4.78 is 6.22. The summed E-state index contributed by atoms with van der Waals surface area (Å²) >= 11 is 0. The van der Waals surface area contributed by atoms with Crippen molar-refractivity contribution in [3.05, 3.63) is 0 Å². The average molecular weight is 212 g/mol. The standard InChI is InChI=1S/C14H28O/c1-10(2)12-8-7-11(3)9-13(12)15-14(4,5)6/h10-13H,7-9H2,1-6H3/t11-,12+,13-/m0/s1. The van der Waals surface area contributed by atoms with Crippen LogP contribution in [0.1, 0.15) is 60.8 Å². The third-order valence-corrected chi connectivity index (χ3v) is 3.47. The van der Waals surface area contributed by atoms with Crippen LogP contribution in [0.15, 0.2) is 0 Å². The molecule has 0 aliphatic heterocycles. The van der Waals surface area contributed by atoms with Crippen LogP contribution in [0.25, 0.3) is 0 Å². The van der Waals surface area contributed by atoms with Gasteiger partial charge in [0.2, 0.25) is 0 Å². The largest absolute Gasteiger partial charge is 0.372 e. The zero-order valence-electron chi connectivity index (χ0n) is 11.3. The summed E-state index contributed by atoms with van der Waals surface area (Å²) in [5, 5.41) is 0. The van der Waals surface area contributed by atoms with E-state index in [1.165, 1.54) is 19.3 Å². The minimum absolute atomic E-state index is 0.00880. The highest BCUT2D eigenvalue weighted by atomic mass is 16.5. The van der Waals surface area contributed by atoms with Crippen LogP contribution in [0.2, 0.25) is 0 Å². The van der Waals surface area contributed by atoms with Gasteiger partial charge in [-0.25, -0.2) is 0 Å². The second-order valence-electron chi connectivity index (χ2n) is 6.59. The molecule has 0 unspecified atom stereocenters. The molecule has 0 amide bonds. The van der Waals surface area contributed by atoms with Crippen molar-refractivity contribution < 1.29 is 4.74 Å². The lowest BCUT2D eigenvalue weighted by molar-refractivity contribution is -0.114. The van der Waals surface area contributed by atoms with Crippen LogP contribution < -0.4 is 0 Å². The van der Waals surface area contributed by atoms with Crippen molar-refractivity contribution in [1.29, 1.82) is 0 Å². The Balaban J connectivity index is 2.62. The molecular formula is C14H28O. The fourth-order valence-corrected chi connectivity index (χ4v) is 2.70. The lowest BCUT2D eigenvalue weighted by Crippen LogP contribution is -2.39. The summed E-state index contributed by atoms with van der Waals surface area (Å²) in [4.78, 5) is 0. The molecule has 0 radical (unpaired) electrons. The molecule has 1 aliphatic rings. The maximum absolute atomic E-state index is 6.22. The van der Waals surface area contributed by atoms with Gasteiger partial charge in [0.25, 0.3) is 0 Å².